The van der Waals surface area contributed by atoms with Crippen molar-refractivity contribution in [2.24, 2.45) is 0 Å². The first-order valence-corrected chi connectivity index (χ1v) is 11.3. The zero-order valence-electron chi connectivity index (χ0n) is 18.1. The largest absolute Gasteiger partial charge is 0.433 e. The Morgan fingerprint density at radius 1 is 1.09 bits per heavy atom. The van der Waals surface area contributed by atoms with Crippen LogP contribution < -0.4 is 10.2 Å². The fourth-order valence-electron chi connectivity index (χ4n) is 5.11. The van der Waals surface area contributed by atoms with Gasteiger partial charge in [0.15, 0.2) is 5.78 Å². The highest BCUT2D eigenvalue weighted by molar-refractivity contribution is 5.92. The smallest absolute Gasteiger partial charge is 0.368 e. The molecule has 3 aliphatic heterocycles. The van der Waals surface area contributed by atoms with Crippen LogP contribution >= 0.6 is 0 Å². The zero-order valence-corrected chi connectivity index (χ0v) is 18.1. The molecule has 0 unspecified atom stereocenters. The molecular weight excluding hydrogens is 435 g/mol. The molecule has 2 atom stereocenters. The molecule has 4 heterocycles. The van der Waals surface area contributed by atoms with Gasteiger partial charge in [-0.1, -0.05) is 18.2 Å². The number of anilines is 1. The van der Waals surface area contributed by atoms with Crippen molar-refractivity contribution in [2.75, 3.05) is 50.7 Å². The molecule has 2 aromatic rings. The average Bonchev–Trinajstić information content (AvgIpc) is 3.47. The number of carbonyl (C=O) groups excluding carboxylic acids is 2. The Balaban J connectivity index is 1.25. The lowest BCUT2D eigenvalue weighted by molar-refractivity contribution is -0.141. The summed E-state index contributed by atoms with van der Waals surface area (Å²) < 4.78 is 40.3. The van der Waals surface area contributed by atoms with E-state index in [0.717, 1.165) is 6.07 Å². The molecule has 33 heavy (non-hydrogen) atoms. The molecule has 176 valence electrons. The van der Waals surface area contributed by atoms with Crippen molar-refractivity contribution in [1.29, 1.82) is 0 Å². The molecule has 7 nitrogen and oxygen atoms in total. The molecule has 0 aliphatic carbocycles. The molecule has 3 saturated heterocycles. The molecule has 5 rings (SSSR count). The summed E-state index contributed by atoms with van der Waals surface area (Å²) in [5.74, 6) is 0.0938. The second-order valence-electron chi connectivity index (χ2n) is 8.96. The number of fused-ring (bicyclic) bond motifs is 1. The topological polar surface area (TPSA) is 68.8 Å². The van der Waals surface area contributed by atoms with Gasteiger partial charge in [-0.2, -0.15) is 13.2 Å². The molecule has 1 aromatic heterocycles. The molecule has 0 saturated carbocycles. The van der Waals surface area contributed by atoms with Crippen LogP contribution in [0.5, 0.6) is 0 Å². The fourth-order valence-corrected chi connectivity index (χ4v) is 5.11. The number of halogens is 3. The van der Waals surface area contributed by atoms with Crippen molar-refractivity contribution in [2.45, 2.75) is 31.1 Å². The van der Waals surface area contributed by atoms with E-state index in [1.807, 2.05) is 17.0 Å². The third-order valence-corrected chi connectivity index (χ3v) is 6.90. The van der Waals surface area contributed by atoms with Gasteiger partial charge < -0.3 is 15.1 Å². The lowest BCUT2D eigenvalue weighted by Crippen LogP contribution is -2.51. The Kier molecular flexibility index (Phi) is 5.74. The summed E-state index contributed by atoms with van der Waals surface area (Å²) in [6.45, 7) is 4.00. The van der Waals surface area contributed by atoms with Crippen LogP contribution in [0.2, 0.25) is 0 Å². The number of hydrogen-bond donors (Lipinski definition) is 1. The minimum atomic E-state index is -4.50. The SMILES string of the molecule is O=C1CCN(C(=O)[C@@H]2C[C@H](N3CCN(c4cc(C(F)(F)F)nc5ccccc45)CC3)CN2)C1. The highest BCUT2D eigenvalue weighted by Gasteiger charge is 2.38. The van der Waals surface area contributed by atoms with Gasteiger partial charge in [-0.05, 0) is 18.6 Å². The Morgan fingerprint density at radius 3 is 2.55 bits per heavy atom. The van der Waals surface area contributed by atoms with E-state index in [2.05, 4.69) is 15.2 Å². The highest BCUT2D eigenvalue weighted by atomic mass is 19.4. The van der Waals surface area contributed by atoms with E-state index in [-0.39, 0.29) is 30.3 Å². The van der Waals surface area contributed by atoms with Crippen molar-refractivity contribution >= 4 is 28.3 Å². The van der Waals surface area contributed by atoms with Gasteiger partial charge in [0.05, 0.1) is 18.1 Å². The predicted octanol–water partition coefficient (Wildman–Crippen LogP) is 1.91. The van der Waals surface area contributed by atoms with Crippen LogP contribution in [0.15, 0.2) is 30.3 Å². The molecule has 1 aromatic carbocycles. The maximum atomic E-state index is 13.4. The number of rotatable bonds is 3. The van der Waals surface area contributed by atoms with E-state index in [0.29, 0.717) is 68.7 Å². The summed E-state index contributed by atoms with van der Waals surface area (Å²) in [5.41, 5.74) is 0.0238. The van der Waals surface area contributed by atoms with Gasteiger partial charge in [0.2, 0.25) is 5.91 Å². The standard InChI is InChI=1S/C23H26F3N5O2/c24-23(25,26)21-12-20(17-3-1-2-4-18(17)28-21)30-9-7-29(8-10-30)15-11-19(27-13-15)22(33)31-6-5-16(32)14-31/h1-4,12,15,19,27H,5-11,13-14H2/t15-,19-/m0/s1. The molecular formula is C23H26F3N5O2. The van der Waals surface area contributed by atoms with Crippen LogP contribution in [0.25, 0.3) is 10.9 Å². The van der Waals surface area contributed by atoms with E-state index in [1.165, 1.54) is 0 Å². The molecule has 0 spiro atoms. The number of para-hydroxylation sites is 1. The second kappa shape index (κ2) is 8.57. The number of carbonyl (C=O) groups is 2. The van der Waals surface area contributed by atoms with Crippen molar-refractivity contribution in [1.82, 2.24) is 20.1 Å². The highest BCUT2D eigenvalue weighted by Crippen LogP contribution is 2.35. The first kappa shape index (κ1) is 22.1. The third kappa shape index (κ3) is 4.41. The van der Waals surface area contributed by atoms with Gasteiger partial charge in [-0.15, -0.1) is 0 Å². The molecule has 10 heteroatoms. The molecule has 1 N–H and O–H groups in total. The third-order valence-electron chi connectivity index (χ3n) is 6.90. The summed E-state index contributed by atoms with van der Waals surface area (Å²) in [4.78, 5) is 33.9. The second-order valence-corrected chi connectivity index (χ2v) is 8.96. The summed E-state index contributed by atoms with van der Waals surface area (Å²) in [6.07, 6.45) is -3.39. The van der Waals surface area contributed by atoms with Crippen molar-refractivity contribution < 1.29 is 22.8 Å². The first-order chi connectivity index (χ1) is 15.8. The van der Waals surface area contributed by atoms with Crippen LogP contribution in [-0.4, -0.2) is 84.4 Å². The number of pyridine rings is 1. The Bertz CT molecular complexity index is 1070. The average molecular weight is 461 g/mol. The monoisotopic (exact) mass is 461 g/mol. The van der Waals surface area contributed by atoms with E-state index in [1.54, 1.807) is 17.0 Å². The Morgan fingerprint density at radius 2 is 1.85 bits per heavy atom. The number of Topliss-reactive ketones (excluding diaryl/α,β-unsaturated/α-hetero) is 1. The molecule has 3 fully saturated rings. The van der Waals surface area contributed by atoms with Crippen LogP contribution in [0, 0.1) is 0 Å². The maximum Gasteiger partial charge on any atom is 0.433 e. The number of amides is 1. The van der Waals surface area contributed by atoms with Crippen molar-refractivity contribution in [3.05, 3.63) is 36.0 Å². The van der Waals surface area contributed by atoms with E-state index >= 15 is 0 Å². The number of alkyl halides is 3. The predicted molar refractivity (Wildman–Crippen MR) is 117 cm³/mol. The van der Waals surface area contributed by atoms with Gasteiger partial charge in [0.1, 0.15) is 5.69 Å². The van der Waals surface area contributed by atoms with Crippen LogP contribution in [0.3, 0.4) is 0 Å². The number of likely N-dealkylation sites (tertiary alicyclic amines) is 1. The van der Waals surface area contributed by atoms with E-state index in [4.69, 9.17) is 0 Å². The van der Waals surface area contributed by atoms with Crippen LogP contribution in [-0.2, 0) is 15.8 Å². The Labute approximate surface area is 189 Å². The quantitative estimate of drug-likeness (QED) is 0.753. The van der Waals surface area contributed by atoms with Crippen LogP contribution in [0.4, 0.5) is 18.9 Å². The lowest BCUT2D eigenvalue weighted by atomic mass is 10.1. The number of hydrogen-bond acceptors (Lipinski definition) is 6. The number of ketones is 1. The number of piperazine rings is 1. The van der Waals surface area contributed by atoms with E-state index in [9.17, 15) is 22.8 Å². The fraction of sp³-hybridized carbons (Fsp3) is 0.522. The van der Waals surface area contributed by atoms with Gasteiger partial charge in [-0.3, -0.25) is 14.5 Å². The zero-order chi connectivity index (χ0) is 23.2. The molecule has 0 radical (unpaired) electrons. The number of benzene rings is 1. The number of aromatic nitrogens is 1. The summed E-state index contributed by atoms with van der Waals surface area (Å²) in [6, 6.07) is 7.99. The van der Waals surface area contributed by atoms with Crippen molar-refractivity contribution in [3.63, 3.8) is 0 Å². The van der Waals surface area contributed by atoms with Gasteiger partial charge in [-0.25, -0.2) is 4.98 Å². The lowest BCUT2D eigenvalue weighted by Gasteiger charge is -2.39. The van der Waals surface area contributed by atoms with Gasteiger partial charge >= 0.3 is 6.18 Å². The van der Waals surface area contributed by atoms with Gasteiger partial charge in [0.25, 0.3) is 0 Å². The summed E-state index contributed by atoms with van der Waals surface area (Å²) >= 11 is 0. The summed E-state index contributed by atoms with van der Waals surface area (Å²) in [7, 11) is 0. The maximum absolute atomic E-state index is 13.4. The first-order valence-electron chi connectivity index (χ1n) is 11.3. The van der Waals surface area contributed by atoms with E-state index < -0.39 is 11.9 Å². The van der Waals surface area contributed by atoms with Gasteiger partial charge in [0, 0.05) is 62.8 Å². The number of nitrogens with one attached hydrogen (secondary N) is 1. The normalized spacial score (nSPS) is 24.8. The summed E-state index contributed by atoms with van der Waals surface area (Å²) in [5, 5.41) is 4.01. The minimum Gasteiger partial charge on any atom is -0.368 e. The number of nitrogens with zero attached hydrogens (tertiary/aromatic N) is 4. The molecule has 3 aliphatic rings. The molecule has 1 amide bonds. The Hall–Kier alpha value is -2.72. The minimum absolute atomic E-state index is 0.00933. The molecule has 0 bridgehead atoms. The van der Waals surface area contributed by atoms with Crippen molar-refractivity contribution in [3.8, 4) is 0 Å². The van der Waals surface area contributed by atoms with Crippen LogP contribution in [0.1, 0.15) is 18.5 Å².